The highest BCUT2D eigenvalue weighted by Gasteiger charge is 2.26. The van der Waals surface area contributed by atoms with Gasteiger partial charge in [-0.15, -0.1) is 22.6 Å². The van der Waals surface area contributed by atoms with E-state index in [1.54, 1.807) is 12.2 Å². The minimum absolute atomic E-state index is 0. The summed E-state index contributed by atoms with van der Waals surface area (Å²) in [6.45, 7) is 0.978. The van der Waals surface area contributed by atoms with Crippen LogP contribution >= 0.6 is 12.4 Å². The summed E-state index contributed by atoms with van der Waals surface area (Å²) in [6, 6.07) is 3.31. The maximum absolute atomic E-state index is 13.3. The summed E-state index contributed by atoms with van der Waals surface area (Å²) in [6.07, 6.45) is 8.24. The minimum Gasteiger partial charge on any atom is -0.368 e. The van der Waals surface area contributed by atoms with E-state index in [1.807, 2.05) is 12.2 Å². The van der Waals surface area contributed by atoms with Crippen LogP contribution in [0.2, 0.25) is 0 Å². The number of carbonyl (C=O) groups is 2. The molecule has 0 bridgehead atoms. The van der Waals surface area contributed by atoms with Crippen molar-refractivity contribution in [1.29, 1.82) is 0 Å². The smallest absolute Gasteiger partial charge is 0.276 e. The summed E-state index contributed by atoms with van der Waals surface area (Å²) < 4.78 is 31.5. The Morgan fingerprint density at radius 3 is 2.79 bits per heavy atom. The lowest BCUT2D eigenvalue weighted by Crippen LogP contribution is -2.28. The number of benzene rings is 1. The van der Waals surface area contributed by atoms with Gasteiger partial charge < -0.3 is 15.2 Å². The number of amides is 2. The molecule has 1 atom stereocenters. The Kier molecular flexibility index (Phi) is 8.36. The zero-order valence-corrected chi connectivity index (χ0v) is 18.6. The van der Waals surface area contributed by atoms with Gasteiger partial charge in [0.1, 0.15) is 0 Å². The van der Waals surface area contributed by atoms with Crippen LogP contribution in [0.25, 0.3) is 11.4 Å². The second kappa shape index (κ2) is 11.4. The van der Waals surface area contributed by atoms with Crippen LogP contribution in [-0.2, 0) is 16.0 Å². The summed E-state index contributed by atoms with van der Waals surface area (Å²) in [4.78, 5) is 28.0. The largest absolute Gasteiger partial charge is 0.368 e. The van der Waals surface area contributed by atoms with Gasteiger partial charge in [-0.2, -0.15) is 4.98 Å². The minimum atomic E-state index is -1.00. The lowest BCUT2D eigenvalue weighted by Gasteiger charge is -2.20. The van der Waals surface area contributed by atoms with E-state index >= 15 is 0 Å². The fraction of sp³-hybridized carbons (Fsp3) is 0.273. The summed E-state index contributed by atoms with van der Waals surface area (Å²) >= 11 is 0. The number of hydrogen-bond acceptors (Lipinski definition) is 7. The van der Waals surface area contributed by atoms with Crippen molar-refractivity contribution in [1.82, 2.24) is 20.8 Å². The molecule has 2 amide bonds. The summed E-state index contributed by atoms with van der Waals surface area (Å²) in [5, 5.41) is 17.3. The van der Waals surface area contributed by atoms with Crippen molar-refractivity contribution in [3.05, 3.63) is 71.4 Å². The summed E-state index contributed by atoms with van der Waals surface area (Å²) in [5.74, 6) is -1.94. The molecule has 2 N–H and O–H groups in total. The first-order valence-electron chi connectivity index (χ1n) is 10.3. The Morgan fingerprint density at radius 1 is 1.12 bits per heavy atom. The highest BCUT2D eigenvalue weighted by Crippen LogP contribution is 2.27. The molecule has 1 aliphatic carbocycles. The van der Waals surface area contributed by atoms with E-state index < -0.39 is 17.6 Å². The summed E-state index contributed by atoms with van der Waals surface area (Å²) in [5.41, 5.74) is 1.06. The molecule has 12 heteroatoms. The van der Waals surface area contributed by atoms with Gasteiger partial charge in [0.25, 0.3) is 5.91 Å². The first kappa shape index (κ1) is 24.9. The molecule has 1 aliphatic heterocycles. The van der Waals surface area contributed by atoms with Crippen LogP contribution in [-0.4, -0.2) is 35.0 Å². The highest BCUT2D eigenvalue weighted by molar-refractivity contribution is 5.86. The molecular formula is C22H21ClF2N6O3. The molecule has 0 spiro atoms. The predicted octanol–water partition coefficient (Wildman–Crippen LogP) is 3.41. The molecule has 178 valence electrons. The number of nitrogens with one attached hydrogen (secondary N) is 2. The Labute approximate surface area is 199 Å². The fourth-order valence-corrected chi connectivity index (χ4v) is 3.28. The SMILES string of the molecule is Cl.O=C(CCc1nc(-c2ccc(F)c(F)c2)no1)NCCCNC1=C2C=CC=CC2C(=O)N=N1. The second-order valence-electron chi connectivity index (χ2n) is 7.33. The van der Waals surface area contributed by atoms with E-state index in [0.29, 0.717) is 25.3 Å². The topological polar surface area (TPSA) is 122 Å². The average molecular weight is 491 g/mol. The van der Waals surface area contributed by atoms with Gasteiger partial charge in [0.05, 0.1) is 5.92 Å². The second-order valence-corrected chi connectivity index (χ2v) is 7.33. The van der Waals surface area contributed by atoms with Crippen LogP contribution in [0.1, 0.15) is 18.7 Å². The van der Waals surface area contributed by atoms with E-state index in [0.717, 1.165) is 17.7 Å². The number of carbonyl (C=O) groups excluding carboxylic acids is 2. The molecule has 2 aromatic rings. The standard InChI is InChI=1S/C22H20F2N6O3.ClH/c23-16-7-6-13(12-17(16)24)20-27-19(33-30-20)9-8-18(31)25-10-3-11-26-21-14-4-1-2-5-15(14)22(32)29-28-21;/h1-2,4-7,12,15,26H,3,8-11H2,(H,25,31);1H. The first-order chi connectivity index (χ1) is 16.0. The van der Waals surface area contributed by atoms with Gasteiger partial charge in [-0.25, -0.2) is 8.78 Å². The van der Waals surface area contributed by atoms with Gasteiger partial charge >= 0.3 is 0 Å². The Bertz CT molecular complexity index is 1190. The Balaban J connectivity index is 0.00000324. The molecule has 4 rings (SSSR count). The molecule has 1 aromatic carbocycles. The molecule has 34 heavy (non-hydrogen) atoms. The highest BCUT2D eigenvalue weighted by atomic mass is 35.5. The van der Waals surface area contributed by atoms with E-state index in [9.17, 15) is 18.4 Å². The van der Waals surface area contributed by atoms with E-state index in [2.05, 4.69) is 31.0 Å². The van der Waals surface area contributed by atoms with Crippen molar-refractivity contribution >= 4 is 24.2 Å². The molecule has 2 heterocycles. The van der Waals surface area contributed by atoms with Crippen LogP contribution in [0, 0.1) is 17.6 Å². The number of fused-ring (bicyclic) bond motifs is 1. The number of azo groups is 1. The van der Waals surface area contributed by atoms with Crippen LogP contribution in [0.5, 0.6) is 0 Å². The van der Waals surface area contributed by atoms with E-state index in [1.165, 1.54) is 6.07 Å². The Morgan fingerprint density at radius 2 is 1.97 bits per heavy atom. The lowest BCUT2D eigenvalue weighted by atomic mass is 9.93. The molecule has 0 fully saturated rings. The van der Waals surface area contributed by atoms with Crippen molar-refractivity contribution in [3.8, 4) is 11.4 Å². The quantitative estimate of drug-likeness (QED) is 0.519. The molecule has 2 aliphatic rings. The number of rotatable bonds is 9. The van der Waals surface area contributed by atoms with Crippen molar-refractivity contribution in [3.63, 3.8) is 0 Å². The molecule has 1 unspecified atom stereocenters. The molecule has 9 nitrogen and oxygen atoms in total. The zero-order valence-electron chi connectivity index (χ0n) is 17.8. The molecule has 0 saturated heterocycles. The van der Waals surface area contributed by atoms with Crippen molar-refractivity contribution < 1.29 is 22.9 Å². The van der Waals surface area contributed by atoms with Gasteiger partial charge in [0.15, 0.2) is 17.5 Å². The average Bonchev–Trinajstić information content (AvgIpc) is 3.30. The maximum atomic E-state index is 13.3. The maximum Gasteiger partial charge on any atom is 0.276 e. The molecule has 0 radical (unpaired) electrons. The van der Waals surface area contributed by atoms with Gasteiger partial charge in [0, 0.05) is 37.1 Å². The molecule has 1 aromatic heterocycles. The van der Waals surface area contributed by atoms with Crippen molar-refractivity contribution in [2.75, 3.05) is 13.1 Å². The van der Waals surface area contributed by atoms with Crippen LogP contribution < -0.4 is 10.6 Å². The van der Waals surface area contributed by atoms with Crippen LogP contribution in [0.4, 0.5) is 8.78 Å². The van der Waals surface area contributed by atoms with Crippen LogP contribution in [0.15, 0.2) is 68.6 Å². The number of nitrogens with zero attached hydrogens (tertiary/aromatic N) is 4. The molecular weight excluding hydrogens is 470 g/mol. The third-order valence-corrected chi connectivity index (χ3v) is 4.99. The lowest BCUT2D eigenvalue weighted by molar-refractivity contribution is -0.121. The van der Waals surface area contributed by atoms with Crippen LogP contribution in [0.3, 0.4) is 0 Å². The van der Waals surface area contributed by atoms with Gasteiger partial charge in [0.2, 0.25) is 17.6 Å². The van der Waals surface area contributed by atoms with Gasteiger partial charge in [-0.05, 0) is 24.6 Å². The third kappa shape index (κ3) is 5.98. The third-order valence-electron chi connectivity index (χ3n) is 4.99. The first-order valence-corrected chi connectivity index (χ1v) is 10.3. The number of aryl methyl sites for hydroxylation is 1. The fourth-order valence-electron chi connectivity index (χ4n) is 3.28. The summed E-state index contributed by atoms with van der Waals surface area (Å²) in [7, 11) is 0. The number of halogens is 3. The van der Waals surface area contributed by atoms with Crippen molar-refractivity contribution in [2.45, 2.75) is 19.3 Å². The normalized spacial score (nSPS) is 16.3. The number of aromatic nitrogens is 2. The van der Waals surface area contributed by atoms with E-state index in [4.69, 9.17) is 4.52 Å². The number of allylic oxidation sites excluding steroid dienone is 3. The van der Waals surface area contributed by atoms with Gasteiger partial charge in [-0.1, -0.05) is 29.5 Å². The predicted molar refractivity (Wildman–Crippen MR) is 120 cm³/mol. The zero-order chi connectivity index (χ0) is 23.2. The number of hydrogen-bond donors (Lipinski definition) is 2. The van der Waals surface area contributed by atoms with E-state index in [-0.39, 0.29) is 54.3 Å². The van der Waals surface area contributed by atoms with Gasteiger partial charge in [-0.3, -0.25) is 9.59 Å². The van der Waals surface area contributed by atoms with Crippen molar-refractivity contribution in [2.24, 2.45) is 16.1 Å². The Hall–Kier alpha value is -3.73. The monoisotopic (exact) mass is 490 g/mol. The molecule has 0 saturated carbocycles.